The number of aromatic amines is 1. The predicted molar refractivity (Wildman–Crippen MR) is 111 cm³/mol. The van der Waals surface area contributed by atoms with Crippen LogP contribution in [0.2, 0.25) is 10.0 Å². The molecule has 0 atom stereocenters. The second-order valence-electron chi connectivity index (χ2n) is 6.31. The molecule has 4 rings (SSSR count). The van der Waals surface area contributed by atoms with Gasteiger partial charge in [0, 0.05) is 28.8 Å². The monoisotopic (exact) mass is 418 g/mol. The van der Waals surface area contributed by atoms with Crippen LogP contribution in [0.1, 0.15) is 11.1 Å². The molecular formula is C19H16Cl2N4OS. The number of rotatable bonds is 3. The Bertz CT molecular complexity index is 1110. The summed E-state index contributed by atoms with van der Waals surface area (Å²) in [5.41, 5.74) is 2.31. The molecule has 1 aliphatic rings. The van der Waals surface area contributed by atoms with Crippen LogP contribution in [0.15, 0.2) is 53.3 Å². The van der Waals surface area contributed by atoms with Crippen LogP contribution in [0.4, 0.5) is 5.82 Å². The number of fused-ring (bicyclic) bond motifs is 1. The second-order valence-corrected chi connectivity index (χ2v) is 7.54. The summed E-state index contributed by atoms with van der Waals surface area (Å²) in [5.74, 6) is 0.710. The van der Waals surface area contributed by atoms with Crippen molar-refractivity contribution in [3.63, 3.8) is 0 Å². The number of aromatic nitrogens is 2. The number of hydrogen-bond donors (Lipinski definition) is 2. The molecule has 8 heteroatoms. The van der Waals surface area contributed by atoms with Gasteiger partial charge in [-0.15, -0.1) is 0 Å². The highest BCUT2D eigenvalue weighted by molar-refractivity contribution is 7.71. The zero-order chi connectivity index (χ0) is 19.0. The van der Waals surface area contributed by atoms with Crippen molar-refractivity contribution in [2.75, 3.05) is 12.0 Å². The Kier molecular flexibility index (Phi) is 5.06. The van der Waals surface area contributed by atoms with Gasteiger partial charge in [0.25, 0.3) is 5.56 Å². The van der Waals surface area contributed by atoms with E-state index in [2.05, 4.69) is 15.2 Å². The lowest BCUT2D eigenvalue weighted by atomic mass is 10.1. The maximum Gasteiger partial charge on any atom is 0.258 e. The van der Waals surface area contributed by atoms with Crippen molar-refractivity contribution in [2.45, 2.75) is 13.1 Å². The van der Waals surface area contributed by atoms with E-state index >= 15 is 0 Å². The fraction of sp³-hybridized carbons (Fsp3) is 0.158. The Morgan fingerprint density at radius 1 is 1.07 bits per heavy atom. The van der Waals surface area contributed by atoms with Crippen molar-refractivity contribution >= 4 is 41.2 Å². The van der Waals surface area contributed by atoms with Gasteiger partial charge in [-0.05, 0) is 48.1 Å². The van der Waals surface area contributed by atoms with Crippen LogP contribution < -0.4 is 10.9 Å². The van der Waals surface area contributed by atoms with Crippen LogP contribution >= 0.6 is 35.4 Å². The van der Waals surface area contributed by atoms with Gasteiger partial charge in [0.1, 0.15) is 5.82 Å². The van der Waals surface area contributed by atoms with Crippen molar-refractivity contribution < 1.29 is 0 Å². The Morgan fingerprint density at radius 3 is 2.56 bits per heavy atom. The van der Waals surface area contributed by atoms with Gasteiger partial charge in [-0.1, -0.05) is 41.4 Å². The minimum Gasteiger partial charge on any atom is -0.358 e. The van der Waals surface area contributed by atoms with Crippen LogP contribution in [0.3, 0.4) is 0 Å². The van der Waals surface area contributed by atoms with E-state index in [1.165, 1.54) is 0 Å². The average Bonchev–Trinajstić information content (AvgIpc) is 2.65. The summed E-state index contributed by atoms with van der Waals surface area (Å²) in [7, 11) is 0. The number of nitrogens with zero attached hydrogens (tertiary/aromatic N) is 2. The minimum absolute atomic E-state index is 0.184. The molecule has 0 unspecified atom stereocenters. The van der Waals surface area contributed by atoms with E-state index in [-0.39, 0.29) is 5.56 Å². The van der Waals surface area contributed by atoms with Gasteiger partial charge < -0.3 is 5.32 Å². The molecule has 138 valence electrons. The maximum atomic E-state index is 12.5. The van der Waals surface area contributed by atoms with Gasteiger partial charge in [-0.25, -0.2) is 0 Å². The Labute approximate surface area is 171 Å². The third kappa shape index (κ3) is 3.66. The molecule has 0 saturated heterocycles. The van der Waals surface area contributed by atoms with Gasteiger partial charge in [0.15, 0.2) is 4.77 Å². The Balaban J connectivity index is 1.71. The molecule has 0 aliphatic carbocycles. The van der Waals surface area contributed by atoms with Crippen molar-refractivity contribution in [1.82, 2.24) is 14.5 Å². The summed E-state index contributed by atoms with van der Waals surface area (Å²) < 4.78 is 2.17. The molecule has 27 heavy (non-hydrogen) atoms. The minimum atomic E-state index is -0.184. The average molecular weight is 419 g/mol. The third-order valence-electron chi connectivity index (χ3n) is 4.50. The quantitative estimate of drug-likeness (QED) is 0.610. The van der Waals surface area contributed by atoms with E-state index in [9.17, 15) is 4.79 Å². The molecule has 2 heterocycles. The highest BCUT2D eigenvalue weighted by atomic mass is 35.5. The van der Waals surface area contributed by atoms with Crippen LogP contribution in [0.5, 0.6) is 0 Å². The zero-order valence-corrected chi connectivity index (χ0v) is 16.5. The number of hydrogen-bond acceptors (Lipinski definition) is 4. The first-order chi connectivity index (χ1) is 13.0. The molecule has 0 bridgehead atoms. The Morgan fingerprint density at radius 2 is 1.81 bits per heavy atom. The van der Waals surface area contributed by atoms with Gasteiger partial charge in [-0.2, -0.15) is 0 Å². The summed E-state index contributed by atoms with van der Waals surface area (Å²) >= 11 is 17.7. The van der Waals surface area contributed by atoms with Gasteiger partial charge in [0.05, 0.1) is 12.2 Å². The van der Waals surface area contributed by atoms with Crippen LogP contribution in [0.25, 0.3) is 5.69 Å². The fourth-order valence-corrected chi connectivity index (χ4v) is 3.80. The molecule has 3 aromatic rings. The summed E-state index contributed by atoms with van der Waals surface area (Å²) in [4.78, 5) is 17.4. The fourth-order valence-electron chi connectivity index (χ4n) is 3.19. The number of nitrogens with one attached hydrogen (secondary N) is 2. The molecule has 1 aliphatic heterocycles. The van der Waals surface area contributed by atoms with Crippen molar-refractivity contribution in [3.05, 3.63) is 84.8 Å². The summed E-state index contributed by atoms with van der Waals surface area (Å²) in [6.07, 6.45) is 0. The molecule has 2 aromatic carbocycles. The highest BCUT2D eigenvalue weighted by Gasteiger charge is 2.23. The number of halogens is 2. The molecule has 2 N–H and O–H groups in total. The zero-order valence-electron chi connectivity index (χ0n) is 14.2. The highest BCUT2D eigenvalue weighted by Crippen LogP contribution is 2.26. The first kappa shape index (κ1) is 18.3. The molecule has 0 saturated carbocycles. The predicted octanol–water partition coefficient (Wildman–Crippen LogP) is 4.59. The number of H-pyrrole nitrogens is 1. The van der Waals surface area contributed by atoms with Crippen LogP contribution in [-0.2, 0) is 13.1 Å². The van der Waals surface area contributed by atoms with Crippen LogP contribution in [-0.4, -0.2) is 21.1 Å². The van der Waals surface area contributed by atoms with E-state index in [0.29, 0.717) is 46.0 Å². The van der Waals surface area contributed by atoms with Gasteiger partial charge >= 0.3 is 0 Å². The van der Waals surface area contributed by atoms with E-state index in [1.807, 2.05) is 41.0 Å². The number of anilines is 1. The summed E-state index contributed by atoms with van der Waals surface area (Å²) in [6.45, 7) is 1.71. The lowest BCUT2D eigenvalue weighted by molar-refractivity contribution is 0.264. The molecule has 0 spiro atoms. The van der Waals surface area contributed by atoms with Crippen molar-refractivity contribution in [2.24, 2.45) is 0 Å². The van der Waals surface area contributed by atoms with E-state index in [0.717, 1.165) is 11.3 Å². The topological polar surface area (TPSA) is 53.1 Å². The molecular weight excluding hydrogens is 403 g/mol. The lowest BCUT2D eigenvalue weighted by Crippen LogP contribution is -2.38. The van der Waals surface area contributed by atoms with Crippen LogP contribution in [0, 0.1) is 4.77 Å². The van der Waals surface area contributed by atoms with Gasteiger partial charge in [0.2, 0.25) is 0 Å². The van der Waals surface area contributed by atoms with Crippen molar-refractivity contribution in [3.8, 4) is 5.69 Å². The van der Waals surface area contributed by atoms with E-state index in [1.54, 1.807) is 12.1 Å². The number of benzene rings is 2. The molecule has 5 nitrogen and oxygen atoms in total. The third-order valence-corrected chi connectivity index (χ3v) is 5.40. The first-order valence-electron chi connectivity index (χ1n) is 8.37. The SMILES string of the molecule is O=c1[nH]c(=S)n(-c2ccc(Cl)cc2)c2c1CN(Cc1ccccc1Cl)CN2. The second kappa shape index (κ2) is 7.48. The summed E-state index contributed by atoms with van der Waals surface area (Å²) in [5, 5.41) is 4.70. The molecule has 1 aromatic heterocycles. The summed E-state index contributed by atoms with van der Waals surface area (Å²) in [6, 6.07) is 15.0. The molecule has 0 radical (unpaired) electrons. The standard InChI is InChI=1S/C19H16Cl2N4OS/c20-13-5-7-14(8-6-13)25-17-15(18(26)23-19(25)27)10-24(11-22-17)9-12-3-1-2-4-16(12)21/h1-8,22H,9-11H2,(H,23,26,27). The van der Waals surface area contributed by atoms with E-state index in [4.69, 9.17) is 35.4 Å². The molecule has 0 amide bonds. The molecule has 0 fully saturated rings. The Hall–Kier alpha value is -2.12. The maximum absolute atomic E-state index is 12.5. The van der Waals surface area contributed by atoms with Gasteiger partial charge in [-0.3, -0.25) is 19.2 Å². The smallest absolute Gasteiger partial charge is 0.258 e. The lowest BCUT2D eigenvalue weighted by Gasteiger charge is -2.31. The van der Waals surface area contributed by atoms with Crippen molar-refractivity contribution in [1.29, 1.82) is 0 Å². The first-order valence-corrected chi connectivity index (χ1v) is 9.53. The largest absolute Gasteiger partial charge is 0.358 e. The van der Waals surface area contributed by atoms with E-state index < -0.39 is 0 Å². The normalized spacial score (nSPS) is 13.9.